The van der Waals surface area contributed by atoms with E-state index in [4.69, 9.17) is 5.11 Å². The molecule has 1 aromatic carbocycles. The highest BCUT2D eigenvalue weighted by molar-refractivity contribution is 5.94. The van der Waals surface area contributed by atoms with Crippen molar-refractivity contribution in [3.8, 4) is 0 Å². The fourth-order valence-corrected chi connectivity index (χ4v) is 0.932. The SMILES string of the molecule is C[C@H](O)CNC(=O)c1ccccc1.Cl. The molecule has 3 nitrogen and oxygen atoms in total. The van der Waals surface area contributed by atoms with Gasteiger partial charge in [-0.15, -0.1) is 12.4 Å². The number of amides is 1. The molecule has 2 N–H and O–H groups in total. The van der Waals surface area contributed by atoms with E-state index in [1.807, 2.05) is 6.07 Å². The predicted octanol–water partition coefficient (Wildman–Crippen LogP) is 1.22. The first kappa shape index (κ1) is 12.9. The van der Waals surface area contributed by atoms with Gasteiger partial charge in [-0.1, -0.05) is 18.2 Å². The Morgan fingerprint density at radius 1 is 1.43 bits per heavy atom. The standard InChI is InChI=1S/C10H13NO2.ClH/c1-8(12)7-11-10(13)9-5-3-2-4-6-9;/h2-6,8,12H,7H2,1H3,(H,11,13);1H/t8-;/m0./s1. The van der Waals surface area contributed by atoms with Crippen molar-refractivity contribution < 1.29 is 9.90 Å². The zero-order valence-electron chi connectivity index (χ0n) is 7.93. The van der Waals surface area contributed by atoms with E-state index in [2.05, 4.69) is 5.32 Å². The van der Waals surface area contributed by atoms with Gasteiger partial charge in [0.25, 0.3) is 5.91 Å². The molecule has 0 radical (unpaired) electrons. The Labute approximate surface area is 89.5 Å². The molecular weight excluding hydrogens is 202 g/mol. The number of halogens is 1. The smallest absolute Gasteiger partial charge is 0.251 e. The highest BCUT2D eigenvalue weighted by atomic mass is 35.5. The van der Waals surface area contributed by atoms with Gasteiger partial charge in [-0.3, -0.25) is 4.79 Å². The number of carbonyl (C=O) groups excluding carboxylic acids is 1. The van der Waals surface area contributed by atoms with Crippen LogP contribution in [0.4, 0.5) is 0 Å². The maximum atomic E-state index is 11.3. The Balaban J connectivity index is 0.00000169. The normalized spacial score (nSPS) is 11.3. The number of nitrogens with one attached hydrogen (secondary N) is 1. The molecule has 0 aliphatic rings. The summed E-state index contributed by atoms with van der Waals surface area (Å²) < 4.78 is 0. The van der Waals surface area contributed by atoms with Crippen LogP contribution in [-0.2, 0) is 0 Å². The molecule has 14 heavy (non-hydrogen) atoms. The first-order valence-corrected chi connectivity index (χ1v) is 4.21. The fraction of sp³-hybridized carbons (Fsp3) is 0.300. The largest absolute Gasteiger partial charge is 0.392 e. The number of hydrogen-bond acceptors (Lipinski definition) is 2. The summed E-state index contributed by atoms with van der Waals surface area (Å²) in [6, 6.07) is 8.93. The second kappa shape index (κ2) is 6.40. The third-order valence-electron chi connectivity index (χ3n) is 1.59. The van der Waals surface area contributed by atoms with E-state index in [0.29, 0.717) is 5.56 Å². The van der Waals surface area contributed by atoms with E-state index in [1.54, 1.807) is 31.2 Å². The molecule has 0 aliphatic heterocycles. The van der Waals surface area contributed by atoms with Gasteiger partial charge in [-0.05, 0) is 19.1 Å². The minimum Gasteiger partial charge on any atom is -0.392 e. The van der Waals surface area contributed by atoms with E-state index in [0.717, 1.165) is 0 Å². The van der Waals surface area contributed by atoms with Crippen LogP contribution < -0.4 is 5.32 Å². The van der Waals surface area contributed by atoms with Crippen LogP contribution in [0.2, 0.25) is 0 Å². The highest BCUT2D eigenvalue weighted by Crippen LogP contribution is 1.97. The summed E-state index contributed by atoms with van der Waals surface area (Å²) in [5.41, 5.74) is 0.614. The molecule has 0 unspecified atom stereocenters. The summed E-state index contributed by atoms with van der Waals surface area (Å²) in [6.07, 6.45) is -0.507. The minimum absolute atomic E-state index is 0. The molecule has 0 aromatic heterocycles. The molecule has 4 heteroatoms. The van der Waals surface area contributed by atoms with Crippen LogP contribution in [0.25, 0.3) is 0 Å². The van der Waals surface area contributed by atoms with Crippen molar-refractivity contribution in [3.63, 3.8) is 0 Å². The zero-order valence-corrected chi connectivity index (χ0v) is 8.75. The number of benzene rings is 1. The Morgan fingerprint density at radius 2 is 2.00 bits per heavy atom. The predicted molar refractivity (Wildman–Crippen MR) is 57.7 cm³/mol. The van der Waals surface area contributed by atoms with E-state index in [9.17, 15) is 4.79 Å². The van der Waals surface area contributed by atoms with E-state index < -0.39 is 6.10 Å². The quantitative estimate of drug-likeness (QED) is 0.797. The maximum Gasteiger partial charge on any atom is 0.251 e. The van der Waals surface area contributed by atoms with Crippen molar-refractivity contribution in [1.29, 1.82) is 0 Å². The zero-order chi connectivity index (χ0) is 9.68. The topological polar surface area (TPSA) is 49.3 Å². The number of aliphatic hydroxyl groups is 1. The first-order valence-electron chi connectivity index (χ1n) is 4.21. The number of hydrogen-bond donors (Lipinski definition) is 2. The Morgan fingerprint density at radius 3 is 2.50 bits per heavy atom. The number of aliphatic hydroxyl groups excluding tert-OH is 1. The number of carbonyl (C=O) groups is 1. The Hall–Kier alpha value is -1.06. The van der Waals surface area contributed by atoms with Gasteiger partial charge in [0.2, 0.25) is 0 Å². The van der Waals surface area contributed by atoms with Gasteiger partial charge in [0.1, 0.15) is 0 Å². The van der Waals surface area contributed by atoms with Crippen molar-refractivity contribution >= 4 is 18.3 Å². The Kier molecular flexibility index (Phi) is 5.92. The first-order chi connectivity index (χ1) is 6.20. The van der Waals surface area contributed by atoms with Crippen molar-refractivity contribution in [3.05, 3.63) is 35.9 Å². The molecule has 78 valence electrons. The molecule has 1 amide bonds. The highest BCUT2D eigenvalue weighted by Gasteiger charge is 2.04. The van der Waals surface area contributed by atoms with E-state index in [-0.39, 0.29) is 24.9 Å². The molecule has 0 fully saturated rings. The monoisotopic (exact) mass is 215 g/mol. The summed E-state index contributed by atoms with van der Waals surface area (Å²) in [4.78, 5) is 11.3. The third-order valence-corrected chi connectivity index (χ3v) is 1.59. The molecule has 0 bridgehead atoms. The molecule has 0 heterocycles. The average Bonchev–Trinajstić information content (AvgIpc) is 2.15. The van der Waals surface area contributed by atoms with Gasteiger partial charge in [0.05, 0.1) is 6.10 Å². The summed E-state index contributed by atoms with van der Waals surface area (Å²) >= 11 is 0. The van der Waals surface area contributed by atoms with Gasteiger partial charge in [-0.2, -0.15) is 0 Å². The van der Waals surface area contributed by atoms with Gasteiger partial charge in [0, 0.05) is 12.1 Å². The van der Waals surface area contributed by atoms with Crippen LogP contribution >= 0.6 is 12.4 Å². The molecule has 0 aliphatic carbocycles. The Bertz CT molecular complexity index is 275. The van der Waals surface area contributed by atoms with Crippen molar-refractivity contribution in [1.82, 2.24) is 5.32 Å². The minimum atomic E-state index is -0.507. The summed E-state index contributed by atoms with van der Waals surface area (Å²) in [5.74, 6) is -0.151. The van der Waals surface area contributed by atoms with Crippen LogP contribution in [0.1, 0.15) is 17.3 Å². The van der Waals surface area contributed by atoms with Crippen LogP contribution in [0.3, 0.4) is 0 Å². The second-order valence-electron chi connectivity index (χ2n) is 2.93. The van der Waals surface area contributed by atoms with Crippen LogP contribution in [0.15, 0.2) is 30.3 Å². The lowest BCUT2D eigenvalue weighted by molar-refractivity contribution is 0.0924. The molecule has 1 aromatic rings. The van der Waals surface area contributed by atoms with E-state index >= 15 is 0 Å². The van der Waals surface area contributed by atoms with E-state index in [1.165, 1.54) is 0 Å². The molecule has 1 rings (SSSR count). The molecular formula is C10H14ClNO2. The fourth-order valence-electron chi connectivity index (χ4n) is 0.932. The summed E-state index contributed by atoms with van der Waals surface area (Å²) in [6.45, 7) is 1.92. The van der Waals surface area contributed by atoms with Gasteiger partial charge >= 0.3 is 0 Å². The lowest BCUT2D eigenvalue weighted by Crippen LogP contribution is -2.30. The van der Waals surface area contributed by atoms with Crippen molar-refractivity contribution in [2.24, 2.45) is 0 Å². The maximum absolute atomic E-state index is 11.3. The molecule has 0 saturated carbocycles. The van der Waals surface area contributed by atoms with Crippen molar-refractivity contribution in [2.45, 2.75) is 13.0 Å². The van der Waals surface area contributed by atoms with Crippen LogP contribution in [-0.4, -0.2) is 23.7 Å². The van der Waals surface area contributed by atoms with Gasteiger partial charge < -0.3 is 10.4 Å². The van der Waals surface area contributed by atoms with Crippen LogP contribution in [0.5, 0.6) is 0 Å². The molecule has 1 atom stereocenters. The molecule has 0 saturated heterocycles. The molecule has 0 spiro atoms. The van der Waals surface area contributed by atoms with Crippen molar-refractivity contribution in [2.75, 3.05) is 6.54 Å². The summed E-state index contributed by atoms with van der Waals surface area (Å²) in [7, 11) is 0. The average molecular weight is 216 g/mol. The van der Waals surface area contributed by atoms with Gasteiger partial charge in [-0.25, -0.2) is 0 Å². The lowest BCUT2D eigenvalue weighted by atomic mass is 10.2. The van der Waals surface area contributed by atoms with Crippen LogP contribution in [0, 0.1) is 0 Å². The summed E-state index contributed by atoms with van der Waals surface area (Å²) in [5, 5.41) is 11.5. The van der Waals surface area contributed by atoms with Gasteiger partial charge in [0.15, 0.2) is 0 Å². The third kappa shape index (κ3) is 4.25. The lowest BCUT2D eigenvalue weighted by Gasteiger charge is -2.06. The number of rotatable bonds is 3. The second-order valence-corrected chi connectivity index (χ2v) is 2.93.